The molecule has 0 aliphatic rings. The summed E-state index contributed by atoms with van der Waals surface area (Å²) < 4.78 is 55.2. The van der Waals surface area contributed by atoms with Gasteiger partial charge in [-0.25, -0.2) is 8.42 Å². The first-order valence-electron chi connectivity index (χ1n) is 12.7. The zero-order valence-corrected chi connectivity index (χ0v) is 25.4. The molecule has 0 atom stereocenters. The minimum absolute atomic E-state index is 0.0323. The van der Waals surface area contributed by atoms with Gasteiger partial charge in [0.2, 0.25) is 10.0 Å². The van der Waals surface area contributed by atoms with Crippen molar-refractivity contribution in [3.8, 4) is 0 Å². The summed E-state index contributed by atoms with van der Waals surface area (Å²) in [6.07, 6.45) is 0.715. The lowest BCUT2D eigenvalue weighted by Crippen LogP contribution is -2.29. The summed E-state index contributed by atoms with van der Waals surface area (Å²) in [6.45, 7) is 7.98. The second-order valence-electron chi connectivity index (χ2n) is 9.16. The van der Waals surface area contributed by atoms with Crippen LogP contribution in [0.2, 0.25) is 0 Å². The Bertz CT molecular complexity index is 1710. The lowest BCUT2D eigenvalue weighted by Gasteiger charge is -2.21. The number of rotatable bonds is 10. The second-order valence-corrected chi connectivity index (χ2v) is 13.7. The minimum atomic E-state index is -3.67. The summed E-state index contributed by atoms with van der Waals surface area (Å²) in [5.74, 6) is 0. The molecule has 0 aliphatic carbocycles. The molecule has 0 saturated heterocycles. The van der Waals surface area contributed by atoms with Crippen LogP contribution in [0.15, 0.2) is 76.4 Å². The summed E-state index contributed by atoms with van der Waals surface area (Å²) in [6, 6.07) is 19.8. The van der Waals surface area contributed by atoms with Crippen LogP contribution in [-0.2, 0) is 26.7 Å². The molecule has 0 aliphatic heterocycles. The Hall–Kier alpha value is -2.87. The van der Waals surface area contributed by atoms with Crippen molar-refractivity contribution < 1.29 is 21.4 Å². The quantitative estimate of drug-likeness (QED) is 0.200. The van der Waals surface area contributed by atoms with Crippen LogP contribution in [0.5, 0.6) is 0 Å². The van der Waals surface area contributed by atoms with Crippen molar-refractivity contribution in [2.24, 2.45) is 0 Å². The zero-order chi connectivity index (χ0) is 29.5. The van der Waals surface area contributed by atoms with Crippen LogP contribution in [0.4, 0.5) is 5.69 Å². The van der Waals surface area contributed by atoms with Crippen molar-refractivity contribution in [2.75, 3.05) is 44.8 Å². The Morgan fingerprint density at radius 1 is 0.900 bits per heavy atom. The van der Waals surface area contributed by atoms with Crippen molar-refractivity contribution >= 4 is 57.3 Å². The molecule has 2 N–H and O–H groups in total. The van der Waals surface area contributed by atoms with Crippen LogP contribution < -0.4 is 10.7 Å². The molecule has 4 aromatic rings. The van der Waals surface area contributed by atoms with E-state index in [-0.39, 0.29) is 16.9 Å². The summed E-state index contributed by atoms with van der Waals surface area (Å²) in [7, 11) is -5.75. The molecule has 9 nitrogen and oxygen atoms in total. The number of benzene rings is 3. The van der Waals surface area contributed by atoms with Gasteiger partial charge in [-0.15, -0.1) is 11.3 Å². The van der Waals surface area contributed by atoms with Gasteiger partial charge >= 0.3 is 0 Å². The van der Waals surface area contributed by atoms with Crippen LogP contribution in [-0.4, -0.2) is 70.1 Å². The van der Waals surface area contributed by atoms with Gasteiger partial charge in [-0.3, -0.25) is 9.35 Å². The number of anilines is 1. The topological polar surface area (TPSA) is 124 Å². The van der Waals surface area contributed by atoms with Crippen LogP contribution in [0, 0.1) is 0 Å². The summed E-state index contributed by atoms with van der Waals surface area (Å²) in [4.78, 5) is 16.2. The molecule has 1 aromatic heterocycles. The van der Waals surface area contributed by atoms with Gasteiger partial charge in [0.05, 0.1) is 16.5 Å². The highest BCUT2D eigenvalue weighted by Gasteiger charge is 2.22. The van der Waals surface area contributed by atoms with E-state index < -0.39 is 20.1 Å². The maximum atomic E-state index is 13.6. The van der Waals surface area contributed by atoms with E-state index in [0.29, 0.717) is 17.0 Å². The Morgan fingerprint density at radius 2 is 1.50 bits per heavy atom. The number of sulfonamides is 1. The minimum Gasteiger partial charge on any atom is -0.383 e. The predicted octanol–water partition coefficient (Wildman–Crippen LogP) is 4.49. The van der Waals surface area contributed by atoms with Crippen molar-refractivity contribution in [3.05, 3.63) is 82.5 Å². The van der Waals surface area contributed by atoms with Crippen LogP contribution >= 0.6 is 11.3 Å². The average Bonchev–Trinajstić information content (AvgIpc) is 2.91. The van der Waals surface area contributed by atoms with E-state index in [2.05, 4.69) is 24.1 Å². The number of hydrogen-bond acceptors (Lipinski definition) is 8. The van der Waals surface area contributed by atoms with Gasteiger partial charge < -0.3 is 10.2 Å². The monoisotopic (exact) mass is 605 g/mol. The Kier molecular flexibility index (Phi) is 10.8. The lowest BCUT2D eigenvalue weighted by atomic mass is 10.1. The molecule has 0 radical (unpaired) electrons. The standard InChI is InChI=1S/C27H31N3O3S2.CH4O3S/c1-4-30(5-2)18-17-28-23-16-15-20(19-29(3)35(32,33)21-11-7-6-8-12-21)27-25(23)26(31)22-13-9-10-14-24(22)34-27;1-5(2,3)4/h6-16,28H,4-5,17-19H2,1-3H3;1H3,(H,2,3,4). The van der Waals surface area contributed by atoms with Crippen molar-refractivity contribution in [2.45, 2.75) is 25.3 Å². The lowest BCUT2D eigenvalue weighted by molar-refractivity contribution is 0.316. The number of likely N-dealkylation sites (N-methyl/N-ethyl adjacent to an activating group) is 1. The molecule has 0 amide bonds. The molecule has 0 saturated carbocycles. The molecule has 0 bridgehead atoms. The third-order valence-electron chi connectivity index (χ3n) is 6.29. The van der Waals surface area contributed by atoms with E-state index in [4.69, 9.17) is 4.55 Å². The largest absolute Gasteiger partial charge is 0.383 e. The molecule has 0 fully saturated rings. The number of fused-ring (bicyclic) bond motifs is 2. The number of hydrogen-bond donors (Lipinski definition) is 2. The fraction of sp³-hybridized carbons (Fsp3) is 0.321. The zero-order valence-electron chi connectivity index (χ0n) is 23.0. The average molecular weight is 606 g/mol. The van der Waals surface area contributed by atoms with E-state index in [1.165, 1.54) is 15.6 Å². The smallest absolute Gasteiger partial charge is 0.261 e. The summed E-state index contributed by atoms with van der Waals surface area (Å²) >= 11 is 1.53. The van der Waals surface area contributed by atoms with E-state index in [1.54, 1.807) is 37.4 Å². The highest BCUT2D eigenvalue weighted by atomic mass is 32.2. The first kappa shape index (κ1) is 31.7. The molecule has 3 aromatic carbocycles. The first-order chi connectivity index (χ1) is 18.9. The maximum absolute atomic E-state index is 13.6. The third kappa shape index (κ3) is 8.09. The predicted molar refractivity (Wildman–Crippen MR) is 164 cm³/mol. The highest BCUT2D eigenvalue weighted by Crippen LogP contribution is 2.33. The van der Waals surface area contributed by atoms with Gasteiger partial charge in [0.1, 0.15) is 0 Å². The van der Waals surface area contributed by atoms with E-state index in [1.807, 2.05) is 36.4 Å². The maximum Gasteiger partial charge on any atom is 0.261 e. The normalized spacial score (nSPS) is 12.1. The van der Waals surface area contributed by atoms with Gasteiger partial charge in [-0.2, -0.15) is 12.7 Å². The van der Waals surface area contributed by atoms with Gasteiger partial charge in [0.15, 0.2) is 5.43 Å². The molecular formula is C28H35N3O6S3. The molecule has 0 spiro atoms. The third-order valence-corrected chi connectivity index (χ3v) is 9.36. The fourth-order valence-corrected chi connectivity index (χ4v) is 6.59. The number of nitrogens with zero attached hydrogens (tertiary/aromatic N) is 2. The van der Waals surface area contributed by atoms with Gasteiger partial charge in [0, 0.05) is 47.2 Å². The number of nitrogens with one attached hydrogen (secondary N) is 1. The van der Waals surface area contributed by atoms with Crippen LogP contribution in [0.25, 0.3) is 20.2 Å². The van der Waals surface area contributed by atoms with Crippen LogP contribution in [0.1, 0.15) is 19.4 Å². The van der Waals surface area contributed by atoms with Crippen molar-refractivity contribution in [1.82, 2.24) is 9.21 Å². The van der Waals surface area contributed by atoms with Crippen LogP contribution in [0.3, 0.4) is 0 Å². The second kappa shape index (κ2) is 13.7. The summed E-state index contributed by atoms with van der Waals surface area (Å²) in [5.41, 5.74) is 1.57. The molecule has 1 heterocycles. The molecule has 12 heteroatoms. The van der Waals surface area contributed by atoms with E-state index in [0.717, 1.165) is 46.8 Å². The van der Waals surface area contributed by atoms with E-state index >= 15 is 0 Å². The molecule has 4 rings (SSSR count). The Labute approximate surface area is 239 Å². The molecule has 40 heavy (non-hydrogen) atoms. The Balaban J connectivity index is 0.000000810. The first-order valence-corrected chi connectivity index (χ1v) is 16.8. The van der Waals surface area contributed by atoms with Gasteiger partial charge in [-0.05, 0) is 49.0 Å². The van der Waals surface area contributed by atoms with Crippen molar-refractivity contribution in [3.63, 3.8) is 0 Å². The fourth-order valence-electron chi connectivity index (χ4n) is 4.21. The van der Waals surface area contributed by atoms with Gasteiger partial charge in [0.25, 0.3) is 10.1 Å². The SMILES string of the molecule is CCN(CC)CCNc1ccc(CN(C)S(=O)(=O)c2ccccc2)c2sc3ccccc3c(=O)c12.CS(=O)(=O)O. The van der Waals surface area contributed by atoms with Gasteiger partial charge in [-0.1, -0.05) is 50.2 Å². The van der Waals surface area contributed by atoms with Crippen molar-refractivity contribution in [1.29, 1.82) is 0 Å². The molecule has 0 unspecified atom stereocenters. The molecular weight excluding hydrogens is 571 g/mol. The highest BCUT2D eigenvalue weighted by molar-refractivity contribution is 7.89. The molecule has 216 valence electrons. The Morgan fingerprint density at radius 3 is 2.12 bits per heavy atom. The summed E-state index contributed by atoms with van der Waals surface area (Å²) in [5, 5.41) is 4.76. The van der Waals surface area contributed by atoms with E-state index in [9.17, 15) is 21.6 Å².